The number of hydrogen-bond acceptors (Lipinski definition) is 5. The van der Waals surface area contributed by atoms with E-state index in [4.69, 9.17) is 4.52 Å². The van der Waals surface area contributed by atoms with E-state index in [9.17, 15) is 0 Å². The van der Waals surface area contributed by atoms with Crippen LogP contribution in [-0.4, -0.2) is 47.7 Å². The highest BCUT2D eigenvalue weighted by molar-refractivity contribution is 14.0. The van der Waals surface area contributed by atoms with E-state index >= 15 is 0 Å². The molecule has 1 aromatic carbocycles. The standard InChI is InChI=1S/C20H30N6O.HI/c1-16-24-19(27-25-16)10-11-22-20(21-2)23-14-17-6-8-18(9-7-17)15-26-12-4-3-5-13-26;/h6-9H,3-5,10-15H2,1-2H3,(H2,21,22,23);1H. The van der Waals surface area contributed by atoms with Gasteiger partial charge in [-0.25, -0.2) is 0 Å². The summed E-state index contributed by atoms with van der Waals surface area (Å²) < 4.78 is 5.11. The molecule has 0 saturated carbocycles. The summed E-state index contributed by atoms with van der Waals surface area (Å²) in [5.41, 5.74) is 2.63. The number of likely N-dealkylation sites (tertiary alicyclic amines) is 1. The van der Waals surface area contributed by atoms with Crippen molar-refractivity contribution >= 4 is 29.9 Å². The fraction of sp³-hybridized carbons (Fsp3) is 0.550. The number of nitrogens with zero attached hydrogens (tertiary/aromatic N) is 4. The van der Waals surface area contributed by atoms with E-state index in [-0.39, 0.29) is 24.0 Å². The summed E-state index contributed by atoms with van der Waals surface area (Å²) in [5, 5.41) is 10.4. The molecule has 0 spiro atoms. The molecule has 0 bridgehead atoms. The molecule has 1 aliphatic heterocycles. The summed E-state index contributed by atoms with van der Waals surface area (Å²) >= 11 is 0. The number of aryl methyl sites for hydroxylation is 1. The Morgan fingerprint density at radius 1 is 1.11 bits per heavy atom. The Balaban J connectivity index is 0.00000280. The summed E-state index contributed by atoms with van der Waals surface area (Å²) in [6.45, 7) is 6.77. The second-order valence-electron chi connectivity index (χ2n) is 6.99. The maximum absolute atomic E-state index is 5.11. The zero-order chi connectivity index (χ0) is 18.9. The van der Waals surface area contributed by atoms with E-state index in [1.54, 1.807) is 7.05 Å². The van der Waals surface area contributed by atoms with Crippen molar-refractivity contribution in [1.82, 2.24) is 25.7 Å². The smallest absolute Gasteiger partial charge is 0.228 e. The molecule has 8 heteroatoms. The van der Waals surface area contributed by atoms with Gasteiger partial charge in [-0.15, -0.1) is 24.0 Å². The van der Waals surface area contributed by atoms with Gasteiger partial charge < -0.3 is 15.2 Å². The second-order valence-corrected chi connectivity index (χ2v) is 6.99. The van der Waals surface area contributed by atoms with Crippen LogP contribution >= 0.6 is 24.0 Å². The highest BCUT2D eigenvalue weighted by atomic mass is 127. The van der Waals surface area contributed by atoms with Gasteiger partial charge in [-0.2, -0.15) is 4.98 Å². The Hall–Kier alpha value is -1.68. The first kappa shape index (κ1) is 22.6. The lowest BCUT2D eigenvalue weighted by Gasteiger charge is -2.26. The topological polar surface area (TPSA) is 78.6 Å². The Labute approximate surface area is 184 Å². The third-order valence-corrected chi connectivity index (χ3v) is 4.76. The molecule has 7 nitrogen and oxygen atoms in total. The van der Waals surface area contributed by atoms with E-state index in [0.717, 1.165) is 19.0 Å². The predicted octanol–water partition coefficient (Wildman–Crippen LogP) is 2.89. The quantitative estimate of drug-likeness (QED) is 0.347. The predicted molar refractivity (Wildman–Crippen MR) is 122 cm³/mol. The van der Waals surface area contributed by atoms with E-state index < -0.39 is 0 Å². The van der Waals surface area contributed by atoms with E-state index in [1.807, 2.05) is 6.92 Å². The molecular formula is C20H31IN6O. The van der Waals surface area contributed by atoms with Gasteiger partial charge in [-0.05, 0) is 44.0 Å². The highest BCUT2D eigenvalue weighted by Gasteiger charge is 2.10. The Morgan fingerprint density at radius 2 is 1.82 bits per heavy atom. The number of nitrogens with one attached hydrogen (secondary N) is 2. The van der Waals surface area contributed by atoms with E-state index in [2.05, 4.69) is 54.9 Å². The van der Waals surface area contributed by atoms with Crippen LogP contribution in [0.4, 0.5) is 0 Å². The van der Waals surface area contributed by atoms with Crippen LogP contribution in [0.1, 0.15) is 42.1 Å². The first-order valence-corrected chi connectivity index (χ1v) is 9.77. The van der Waals surface area contributed by atoms with Crippen molar-refractivity contribution in [3.05, 3.63) is 47.1 Å². The number of rotatable bonds is 7. The molecule has 1 saturated heterocycles. The van der Waals surface area contributed by atoms with Crippen molar-refractivity contribution in [3.8, 4) is 0 Å². The molecule has 1 fully saturated rings. The van der Waals surface area contributed by atoms with Crippen LogP contribution < -0.4 is 10.6 Å². The fourth-order valence-corrected chi connectivity index (χ4v) is 3.27. The molecule has 0 aliphatic carbocycles. The van der Waals surface area contributed by atoms with Gasteiger partial charge in [0.1, 0.15) is 0 Å². The van der Waals surface area contributed by atoms with Crippen LogP contribution in [0.2, 0.25) is 0 Å². The van der Waals surface area contributed by atoms with Crippen molar-refractivity contribution in [2.75, 3.05) is 26.7 Å². The summed E-state index contributed by atoms with van der Waals surface area (Å²) in [6, 6.07) is 8.86. The second kappa shape index (κ2) is 12.0. The van der Waals surface area contributed by atoms with Crippen LogP contribution in [0, 0.1) is 6.92 Å². The lowest BCUT2D eigenvalue weighted by atomic mass is 10.1. The van der Waals surface area contributed by atoms with E-state index in [1.165, 1.54) is 43.5 Å². The average molecular weight is 498 g/mol. The Kier molecular flexibility index (Phi) is 9.69. The van der Waals surface area contributed by atoms with E-state index in [0.29, 0.717) is 24.7 Å². The molecule has 0 atom stereocenters. The lowest BCUT2D eigenvalue weighted by molar-refractivity contribution is 0.221. The Morgan fingerprint density at radius 3 is 2.46 bits per heavy atom. The van der Waals surface area contributed by atoms with Gasteiger partial charge in [-0.1, -0.05) is 35.8 Å². The molecule has 0 unspecified atom stereocenters. The summed E-state index contributed by atoms with van der Waals surface area (Å²) in [6.07, 6.45) is 4.72. The molecule has 0 amide bonds. The number of aliphatic imine (C=N–C) groups is 1. The van der Waals surface area contributed by atoms with Crippen molar-refractivity contribution in [1.29, 1.82) is 0 Å². The summed E-state index contributed by atoms with van der Waals surface area (Å²) in [4.78, 5) is 11.0. The minimum absolute atomic E-state index is 0. The minimum Gasteiger partial charge on any atom is -0.356 e. The average Bonchev–Trinajstić information content (AvgIpc) is 3.11. The first-order valence-electron chi connectivity index (χ1n) is 9.77. The molecule has 28 heavy (non-hydrogen) atoms. The third kappa shape index (κ3) is 7.38. The highest BCUT2D eigenvalue weighted by Crippen LogP contribution is 2.13. The van der Waals surface area contributed by atoms with Crippen molar-refractivity contribution in [3.63, 3.8) is 0 Å². The van der Waals surface area contributed by atoms with Crippen LogP contribution in [0.15, 0.2) is 33.8 Å². The van der Waals surface area contributed by atoms with Crippen molar-refractivity contribution in [2.24, 2.45) is 4.99 Å². The van der Waals surface area contributed by atoms with Gasteiger partial charge >= 0.3 is 0 Å². The molecule has 154 valence electrons. The number of halogens is 1. The molecule has 1 aliphatic rings. The Bertz CT molecular complexity index is 725. The number of guanidine groups is 1. The zero-order valence-corrected chi connectivity index (χ0v) is 19.1. The maximum Gasteiger partial charge on any atom is 0.228 e. The number of benzene rings is 1. The first-order chi connectivity index (χ1) is 13.2. The zero-order valence-electron chi connectivity index (χ0n) is 16.8. The lowest BCUT2D eigenvalue weighted by Crippen LogP contribution is -2.37. The van der Waals surface area contributed by atoms with Gasteiger partial charge in [0.05, 0.1) is 0 Å². The summed E-state index contributed by atoms with van der Waals surface area (Å²) in [7, 11) is 1.77. The van der Waals surface area contributed by atoms with Gasteiger partial charge in [0.15, 0.2) is 11.8 Å². The normalized spacial score (nSPS) is 15.1. The van der Waals surface area contributed by atoms with Gasteiger partial charge in [0, 0.05) is 33.1 Å². The maximum atomic E-state index is 5.11. The SMILES string of the molecule is CN=C(NCCc1nc(C)no1)NCc1ccc(CN2CCCCC2)cc1.I. The van der Waals surface area contributed by atoms with Crippen LogP contribution in [0.5, 0.6) is 0 Å². The van der Waals surface area contributed by atoms with Gasteiger partial charge in [0.25, 0.3) is 0 Å². The molecule has 1 aromatic heterocycles. The van der Waals surface area contributed by atoms with Crippen LogP contribution in [0.25, 0.3) is 0 Å². The molecule has 2 aromatic rings. The molecule has 2 N–H and O–H groups in total. The third-order valence-electron chi connectivity index (χ3n) is 4.76. The van der Waals surface area contributed by atoms with Crippen molar-refractivity contribution < 1.29 is 4.52 Å². The molecular weight excluding hydrogens is 467 g/mol. The van der Waals surface area contributed by atoms with Gasteiger partial charge in [0.2, 0.25) is 5.89 Å². The van der Waals surface area contributed by atoms with Crippen LogP contribution in [-0.2, 0) is 19.5 Å². The molecule has 0 radical (unpaired) electrons. The monoisotopic (exact) mass is 498 g/mol. The van der Waals surface area contributed by atoms with Gasteiger partial charge in [-0.3, -0.25) is 9.89 Å². The number of aromatic nitrogens is 2. The summed E-state index contributed by atoms with van der Waals surface area (Å²) in [5.74, 6) is 2.07. The fourth-order valence-electron chi connectivity index (χ4n) is 3.27. The molecule has 2 heterocycles. The number of piperidine rings is 1. The minimum atomic E-state index is 0. The number of hydrogen-bond donors (Lipinski definition) is 2. The van der Waals surface area contributed by atoms with Crippen molar-refractivity contribution in [2.45, 2.75) is 45.7 Å². The van der Waals surface area contributed by atoms with Crippen LogP contribution in [0.3, 0.4) is 0 Å². The molecule has 3 rings (SSSR count). The largest absolute Gasteiger partial charge is 0.356 e.